The fourth-order valence-electron chi connectivity index (χ4n) is 2.40. The van der Waals surface area contributed by atoms with Gasteiger partial charge >= 0.3 is 0 Å². The summed E-state index contributed by atoms with van der Waals surface area (Å²) in [4.78, 5) is 0. The van der Waals surface area contributed by atoms with Gasteiger partial charge in [0.25, 0.3) is 0 Å². The van der Waals surface area contributed by atoms with Gasteiger partial charge in [0.2, 0.25) is 0 Å². The van der Waals surface area contributed by atoms with E-state index in [1.54, 1.807) is 22.3 Å². The zero-order valence-electron chi connectivity index (χ0n) is 11.4. The van der Waals surface area contributed by atoms with Gasteiger partial charge in [-0.25, -0.2) is 0 Å². The van der Waals surface area contributed by atoms with Crippen LogP contribution in [0.15, 0.2) is 12.1 Å². The molecule has 0 aliphatic carbocycles. The highest BCUT2D eigenvalue weighted by Crippen LogP contribution is 2.21. The van der Waals surface area contributed by atoms with Gasteiger partial charge in [0.15, 0.2) is 0 Å². The molecule has 1 aromatic rings. The first-order valence-corrected chi connectivity index (χ1v) is 6.84. The predicted molar refractivity (Wildman–Crippen MR) is 73.2 cm³/mol. The van der Waals surface area contributed by atoms with Crippen molar-refractivity contribution < 1.29 is 0 Å². The molecule has 0 aliphatic rings. The van der Waals surface area contributed by atoms with Gasteiger partial charge in [-0.05, 0) is 48.4 Å². The van der Waals surface area contributed by atoms with Crippen LogP contribution in [0.1, 0.15) is 62.3 Å². The highest BCUT2D eigenvalue weighted by molar-refractivity contribution is 5.39. The van der Waals surface area contributed by atoms with Crippen LogP contribution in [-0.2, 0) is 19.3 Å². The molecule has 16 heavy (non-hydrogen) atoms. The molecule has 1 aromatic carbocycles. The zero-order chi connectivity index (χ0) is 12.0. The highest BCUT2D eigenvalue weighted by Gasteiger charge is 2.06. The Morgan fingerprint density at radius 1 is 0.750 bits per heavy atom. The van der Waals surface area contributed by atoms with Crippen molar-refractivity contribution in [2.45, 2.75) is 66.2 Å². The van der Waals surface area contributed by atoms with E-state index in [2.05, 4.69) is 39.8 Å². The van der Waals surface area contributed by atoms with Gasteiger partial charge in [-0.15, -0.1) is 0 Å². The van der Waals surface area contributed by atoms with Crippen LogP contribution in [-0.4, -0.2) is 0 Å². The summed E-state index contributed by atoms with van der Waals surface area (Å²) in [6.07, 6.45) is 7.46. The third-order valence-corrected chi connectivity index (χ3v) is 3.26. The molecule has 0 spiro atoms. The van der Waals surface area contributed by atoms with Gasteiger partial charge in [0.05, 0.1) is 0 Å². The topological polar surface area (TPSA) is 0 Å². The summed E-state index contributed by atoms with van der Waals surface area (Å²) in [5.41, 5.74) is 6.25. The molecule has 0 heterocycles. The molecule has 0 saturated heterocycles. The smallest absolute Gasteiger partial charge is 0.0279 e. The van der Waals surface area contributed by atoms with Crippen molar-refractivity contribution in [3.8, 4) is 0 Å². The number of hydrogen-bond donors (Lipinski definition) is 0. The summed E-state index contributed by atoms with van der Waals surface area (Å²) in [6, 6.07) is 4.86. The SMILES string of the molecule is CCCc1cc(CCC)c(C)c(CCC)c1. The van der Waals surface area contributed by atoms with E-state index in [9.17, 15) is 0 Å². The second kappa shape index (κ2) is 6.73. The van der Waals surface area contributed by atoms with E-state index in [1.165, 1.54) is 38.5 Å². The quantitative estimate of drug-likeness (QED) is 0.640. The van der Waals surface area contributed by atoms with E-state index in [1.807, 2.05) is 0 Å². The van der Waals surface area contributed by atoms with E-state index < -0.39 is 0 Å². The van der Waals surface area contributed by atoms with Gasteiger partial charge in [0.1, 0.15) is 0 Å². The molecule has 1 rings (SSSR count). The van der Waals surface area contributed by atoms with Crippen molar-refractivity contribution in [3.05, 3.63) is 34.4 Å². The van der Waals surface area contributed by atoms with E-state index in [4.69, 9.17) is 0 Å². The lowest BCUT2D eigenvalue weighted by molar-refractivity contribution is 0.858. The van der Waals surface area contributed by atoms with Gasteiger partial charge < -0.3 is 0 Å². The minimum Gasteiger partial charge on any atom is -0.0651 e. The summed E-state index contributed by atoms with van der Waals surface area (Å²) >= 11 is 0. The van der Waals surface area contributed by atoms with Crippen molar-refractivity contribution in [1.82, 2.24) is 0 Å². The lowest BCUT2D eigenvalue weighted by Gasteiger charge is -2.13. The summed E-state index contributed by atoms with van der Waals surface area (Å²) in [6.45, 7) is 9.10. The average Bonchev–Trinajstić information content (AvgIpc) is 2.26. The highest BCUT2D eigenvalue weighted by atomic mass is 14.1. The Labute approximate surface area is 101 Å². The van der Waals surface area contributed by atoms with E-state index in [0.29, 0.717) is 0 Å². The first-order valence-electron chi connectivity index (χ1n) is 6.84. The van der Waals surface area contributed by atoms with Crippen LogP contribution in [0.5, 0.6) is 0 Å². The summed E-state index contributed by atoms with van der Waals surface area (Å²) < 4.78 is 0. The van der Waals surface area contributed by atoms with Crippen LogP contribution in [0.25, 0.3) is 0 Å². The standard InChI is InChI=1S/C16H26/c1-5-8-14-11-15(9-6-2)13(4)16(12-14)10-7-3/h11-12H,5-10H2,1-4H3. The van der Waals surface area contributed by atoms with Gasteiger partial charge in [-0.2, -0.15) is 0 Å². The monoisotopic (exact) mass is 218 g/mol. The average molecular weight is 218 g/mol. The summed E-state index contributed by atoms with van der Waals surface area (Å²) in [7, 11) is 0. The first kappa shape index (κ1) is 13.3. The van der Waals surface area contributed by atoms with Crippen molar-refractivity contribution in [1.29, 1.82) is 0 Å². The van der Waals surface area contributed by atoms with E-state index in [-0.39, 0.29) is 0 Å². The van der Waals surface area contributed by atoms with Crippen LogP contribution in [0, 0.1) is 6.92 Å². The van der Waals surface area contributed by atoms with Crippen LogP contribution >= 0.6 is 0 Å². The van der Waals surface area contributed by atoms with E-state index >= 15 is 0 Å². The minimum absolute atomic E-state index is 1.23. The zero-order valence-corrected chi connectivity index (χ0v) is 11.4. The third-order valence-electron chi connectivity index (χ3n) is 3.26. The van der Waals surface area contributed by atoms with Crippen LogP contribution in [0.3, 0.4) is 0 Å². The molecule has 0 aliphatic heterocycles. The molecule has 0 N–H and O–H groups in total. The Kier molecular flexibility index (Phi) is 5.59. The minimum atomic E-state index is 1.23. The van der Waals surface area contributed by atoms with Gasteiger partial charge in [-0.1, -0.05) is 52.2 Å². The van der Waals surface area contributed by atoms with Crippen LogP contribution < -0.4 is 0 Å². The largest absolute Gasteiger partial charge is 0.0651 e. The normalized spacial score (nSPS) is 10.8. The Hall–Kier alpha value is -0.780. The maximum Gasteiger partial charge on any atom is -0.0279 e. The predicted octanol–water partition coefficient (Wildman–Crippen LogP) is 4.85. The molecule has 0 nitrogen and oxygen atoms in total. The van der Waals surface area contributed by atoms with Crippen molar-refractivity contribution in [3.63, 3.8) is 0 Å². The lowest BCUT2D eigenvalue weighted by atomic mass is 9.92. The van der Waals surface area contributed by atoms with E-state index in [0.717, 1.165) is 0 Å². The Morgan fingerprint density at radius 3 is 1.56 bits per heavy atom. The molecule has 0 heteroatoms. The number of benzene rings is 1. The van der Waals surface area contributed by atoms with Crippen molar-refractivity contribution in [2.24, 2.45) is 0 Å². The molecule has 0 amide bonds. The molecular weight excluding hydrogens is 192 g/mol. The molecule has 0 bridgehead atoms. The van der Waals surface area contributed by atoms with Crippen molar-refractivity contribution >= 4 is 0 Å². The second-order valence-electron chi connectivity index (χ2n) is 4.79. The van der Waals surface area contributed by atoms with Crippen molar-refractivity contribution in [2.75, 3.05) is 0 Å². The van der Waals surface area contributed by atoms with Gasteiger partial charge in [0, 0.05) is 0 Å². The van der Waals surface area contributed by atoms with Crippen LogP contribution in [0.2, 0.25) is 0 Å². The third kappa shape index (κ3) is 3.37. The molecule has 0 fully saturated rings. The fraction of sp³-hybridized carbons (Fsp3) is 0.625. The lowest BCUT2D eigenvalue weighted by Crippen LogP contribution is -1.99. The molecule has 0 unspecified atom stereocenters. The Bertz CT molecular complexity index is 296. The molecular formula is C16H26. The molecule has 0 radical (unpaired) electrons. The number of hydrogen-bond acceptors (Lipinski definition) is 0. The number of aryl methyl sites for hydroxylation is 3. The molecule has 0 aromatic heterocycles. The maximum atomic E-state index is 2.43. The first-order chi connectivity index (χ1) is 7.72. The Morgan fingerprint density at radius 2 is 1.19 bits per heavy atom. The Balaban J connectivity index is 3.05. The molecule has 90 valence electrons. The second-order valence-corrected chi connectivity index (χ2v) is 4.79. The van der Waals surface area contributed by atoms with Crippen LogP contribution in [0.4, 0.5) is 0 Å². The summed E-state index contributed by atoms with van der Waals surface area (Å²) in [5, 5.41) is 0. The molecule has 0 saturated carbocycles. The molecule has 0 atom stereocenters. The summed E-state index contributed by atoms with van der Waals surface area (Å²) in [5.74, 6) is 0. The fourth-order valence-corrected chi connectivity index (χ4v) is 2.40. The number of rotatable bonds is 6. The van der Waals surface area contributed by atoms with Gasteiger partial charge in [-0.3, -0.25) is 0 Å². The maximum absolute atomic E-state index is 2.43.